The molecular weight excluding hydrogens is 462 g/mol. The number of benzene rings is 2. The highest BCUT2D eigenvalue weighted by molar-refractivity contribution is 5.99. The number of esters is 1. The van der Waals surface area contributed by atoms with Gasteiger partial charge in [-0.1, -0.05) is 42.5 Å². The van der Waals surface area contributed by atoms with Gasteiger partial charge >= 0.3 is 11.9 Å². The maximum absolute atomic E-state index is 13.5. The molecule has 2 N–H and O–H groups in total. The molecule has 2 atom stereocenters. The Bertz CT molecular complexity index is 1240. The largest absolute Gasteiger partial charge is 0.478 e. The molecule has 0 saturated carbocycles. The summed E-state index contributed by atoms with van der Waals surface area (Å²) in [4.78, 5) is 38.8. The minimum absolute atomic E-state index is 0.0394. The first-order chi connectivity index (χ1) is 17.2. The van der Waals surface area contributed by atoms with Crippen molar-refractivity contribution >= 4 is 17.6 Å². The summed E-state index contributed by atoms with van der Waals surface area (Å²) in [6, 6.07) is 15.8. The lowest BCUT2D eigenvalue weighted by Crippen LogP contribution is -2.41. The lowest BCUT2D eigenvalue weighted by molar-refractivity contribution is -0.384. The van der Waals surface area contributed by atoms with Gasteiger partial charge in [0.25, 0.3) is 5.69 Å². The number of hydrogen-bond donors (Lipinski definition) is 2. The fourth-order valence-corrected chi connectivity index (χ4v) is 5.01. The molecule has 36 heavy (non-hydrogen) atoms. The standard InChI is InChI=1S/C27H29N3O6/c1-17-23(26(31)32)25(20-10-6-11-21(14-20)30(34)35)24(18(2)28-17)27(33)36-22-12-7-13-29(16-22)15-19-8-4-3-5-9-19/h3-6,8-11,14,22,25,28H,7,12-13,15-16H2,1-2H3,(H,31,32)/t22-,25+/m0/s1. The van der Waals surface area contributed by atoms with Crippen LogP contribution in [0.1, 0.15) is 43.7 Å². The van der Waals surface area contributed by atoms with Gasteiger partial charge in [0.05, 0.1) is 22.0 Å². The van der Waals surface area contributed by atoms with Crippen LogP contribution in [0.2, 0.25) is 0 Å². The Labute approximate surface area is 209 Å². The zero-order chi connectivity index (χ0) is 25.8. The number of rotatable bonds is 7. The molecule has 0 amide bonds. The number of likely N-dealkylation sites (tertiary alicyclic amines) is 1. The van der Waals surface area contributed by atoms with Crippen molar-refractivity contribution in [3.63, 3.8) is 0 Å². The Morgan fingerprint density at radius 2 is 1.83 bits per heavy atom. The maximum Gasteiger partial charge on any atom is 0.337 e. The number of aliphatic carboxylic acids is 1. The van der Waals surface area contributed by atoms with E-state index in [4.69, 9.17) is 4.74 Å². The third-order valence-electron chi connectivity index (χ3n) is 6.61. The van der Waals surface area contributed by atoms with Crippen LogP contribution >= 0.6 is 0 Å². The number of carboxylic acid groups (broad SMARTS) is 1. The number of nitro benzene ring substituents is 1. The second-order valence-corrected chi connectivity index (χ2v) is 9.18. The fraction of sp³-hybridized carbons (Fsp3) is 0.333. The average molecular weight is 492 g/mol. The summed E-state index contributed by atoms with van der Waals surface area (Å²) in [6.07, 6.45) is 1.23. The summed E-state index contributed by atoms with van der Waals surface area (Å²) in [5, 5.41) is 24.4. The van der Waals surface area contributed by atoms with Gasteiger partial charge in [0.15, 0.2) is 0 Å². The third-order valence-corrected chi connectivity index (χ3v) is 6.61. The van der Waals surface area contributed by atoms with E-state index in [1.165, 1.54) is 23.8 Å². The second kappa shape index (κ2) is 10.7. The summed E-state index contributed by atoms with van der Waals surface area (Å²) in [5.74, 6) is -2.82. The molecule has 2 heterocycles. The van der Waals surface area contributed by atoms with Crippen LogP contribution in [-0.4, -0.2) is 46.1 Å². The number of piperidine rings is 1. The molecule has 188 valence electrons. The Morgan fingerprint density at radius 3 is 2.53 bits per heavy atom. The highest BCUT2D eigenvalue weighted by Gasteiger charge is 2.38. The predicted molar refractivity (Wildman–Crippen MR) is 133 cm³/mol. The Kier molecular flexibility index (Phi) is 7.49. The highest BCUT2D eigenvalue weighted by atomic mass is 16.6. The summed E-state index contributed by atoms with van der Waals surface area (Å²) in [6.45, 7) is 5.52. The van der Waals surface area contributed by atoms with Crippen molar-refractivity contribution in [2.24, 2.45) is 0 Å². The number of nitrogens with zero attached hydrogens (tertiary/aromatic N) is 2. The van der Waals surface area contributed by atoms with E-state index in [2.05, 4.69) is 22.3 Å². The Morgan fingerprint density at radius 1 is 1.11 bits per heavy atom. The van der Waals surface area contributed by atoms with E-state index in [1.807, 2.05) is 18.2 Å². The lowest BCUT2D eigenvalue weighted by Gasteiger charge is -2.34. The maximum atomic E-state index is 13.5. The smallest absolute Gasteiger partial charge is 0.337 e. The first-order valence-electron chi connectivity index (χ1n) is 11.9. The number of non-ortho nitro benzene ring substituents is 1. The van der Waals surface area contributed by atoms with Crippen LogP contribution in [0.25, 0.3) is 0 Å². The van der Waals surface area contributed by atoms with Gasteiger partial charge in [0.2, 0.25) is 0 Å². The van der Waals surface area contributed by atoms with Gasteiger partial charge in [-0.05, 0) is 44.4 Å². The van der Waals surface area contributed by atoms with Gasteiger partial charge in [0, 0.05) is 36.6 Å². The molecule has 9 nitrogen and oxygen atoms in total. The average Bonchev–Trinajstić information content (AvgIpc) is 2.84. The minimum atomic E-state index is -1.21. The van der Waals surface area contributed by atoms with Crippen molar-refractivity contribution in [2.75, 3.05) is 13.1 Å². The van der Waals surface area contributed by atoms with E-state index in [1.54, 1.807) is 19.9 Å². The second-order valence-electron chi connectivity index (χ2n) is 9.18. The molecular formula is C27H29N3O6. The van der Waals surface area contributed by atoms with Gasteiger partial charge in [0.1, 0.15) is 6.10 Å². The highest BCUT2D eigenvalue weighted by Crippen LogP contribution is 2.40. The van der Waals surface area contributed by atoms with E-state index in [0.717, 1.165) is 19.5 Å². The Balaban J connectivity index is 1.60. The van der Waals surface area contributed by atoms with Gasteiger partial charge in [-0.15, -0.1) is 0 Å². The molecule has 2 aliphatic heterocycles. The monoisotopic (exact) mass is 491 g/mol. The molecule has 0 spiro atoms. The molecule has 1 saturated heterocycles. The molecule has 0 bridgehead atoms. The molecule has 0 radical (unpaired) electrons. The van der Waals surface area contributed by atoms with Crippen LogP contribution in [0, 0.1) is 10.1 Å². The topological polar surface area (TPSA) is 122 Å². The first-order valence-corrected chi connectivity index (χ1v) is 11.9. The molecule has 2 aliphatic rings. The normalized spacial score (nSPS) is 20.6. The van der Waals surface area contributed by atoms with Crippen LogP contribution in [0.15, 0.2) is 77.1 Å². The van der Waals surface area contributed by atoms with Crippen molar-refractivity contribution in [3.05, 3.63) is 98.4 Å². The molecule has 0 unspecified atom stereocenters. The molecule has 2 aromatic rings. The van der Waals surface area contributed by atoms with Crippen molar-refractivity contribution < 1.29 is 24.4 Å². The number of carbonyl (C=O) groups is 2. The molecule has 2 aromatic carbocycles. The number of nitrogens with one attached hydrogen (secondary N) is 1. The quantitative estimate of drug-likeness (QED) is 0.337. The molecule has 9 heteroatoms. The third kappa shape index (κ3) is 5.46. The molecule has 1 fully saturated rings. The molecule has 0 aliphatic carbocycles. The lowest BCUT2D eigenvalue weighted by atomic mass is 9.80. The number of carbonyl (C=O) groups excluding carboxylic acids is 1. The Hall–Kier alpha value is -3.98. The van der Waals surface area contributed by atoms with E-state index in [-0.39, 0.29) is 22.9 Å². The van der Waals surface area contributed by atoms with Crippen molar-refractivity contribution in [1.82, 2.24) is 10.2 Å². The van der Waals surface area contributed by atoms with Crippen LogP contribution in [0.3, 0.4) is 0 Å². The van der Waals surface area contributed by atoms with Gasteiger partial charge in [-0.25, -0.2) is 9.59 Å². The number of hydrogen-bond acceptors (Lipinski definition) is 7. The number of allylic oxidation sites excluding steroid dienone is 2. The van der Waals surface area contributed by atoms with Crippen molar-refractivity contribution in [3.8, 4) is 0 Å². The van der Waals surface area contributed by atoms with E-state index >= 15 is 0 Å². The molecule has 4 rings (SSSR count). The van der Waals surface area contributed by atoms with Gasteiger partial charge in [-0.2, -0.15) is 0 Å². The van der Waals surface area contributed by atoms with Crippen molar-refractivity contribution in [1.29, 1.82) is 0 Å². The number of carboxylic acids is 1. The van der Waals surface area contributed by atoms with E-state index in [0.29, 0.717) is 29.9 Å². The van der Waals surface area contributed by atoms with Gasteiger partial charge in [-0.3, -0.25) is 15.0 Å². The summed E-state index contributed by atoms with van der Waals surface area (Å²) in [7, 11) is 0. The van der Waals surface area contributed by atoms with Crippen LogP contribution in [-0.2, 0) is 20.9 Å². The SMILES string of the molecule is CC1=C(C(=O)O)[C@@H](c2cccc([N+](=O)[O-])c2)C(C(=O)O[C@H]2CCCN(Cc3ccccc3)C2)=C(C)N1. The summed E-state index contributed by atoms with van der Waals surface area (Å²) < 4.78 is 5.93. The van der Waals surface area contributed by atoms with Crippen LogP contribution < -0.4 is 5.32 Å². The number of ether oxygens (including phenoxy) is 1. The first kappa shape index (κ1) is 25.1. The van der Waals surface area contributed by atoms with E-state index in [9.17, 15) is 24.8 Å². The van der Waals surface area contributed by atoms with E-state index < -0.39 is 22.8 Å². The fourth-order valence-electron chi connectivity index (χ4n) is 5.01. The number of nitro groups is 1. The van der Waals surface area contributed by atoms with Gasteiger partial charge < -0.3 is 15.2 Å². The van der Waals surface area contributed by atoms with Crippen LogP contribution in [0.4, 0.5) is 5.69 Å². The zero-order valence-corrected chi connectivity index (χ0v) is 20.3. The van der Waals surface area contributed by atoms with Crippen molar-refractivity contribution in [2.45, 2.75) is 45.3 Å². The molecule has 0 aromatic heterocycles. The summed E-state index contributed by atoms with van der Waals surface area (Å²) in [5.41, 5.74) is 2.31. The minimum Gasteiger partial charge on any atom is -0.478 e. The van der Waals surface area contributed by atoms with Crippen LogP contribution in [0.5, 0.6) is 0 Å². The zero-order valence-electron chi connectivity index (χ0n) is 20.3. The number of dihydropyridines is 1. The predicted octanol–water partition coefficient (Wildman–Crippen LogP) is 4.12. The summed E-state index contributed by atoms with van der Waals surface area (Å²) >= 11 is 0.